The Morgan fingerprint density at radius 2 is 1.69 bits per heavy atom. The van der Waals surface area contributed by atoms with Crippen LogP contribution < -0.4 is 29.6 Å². The molecule has 1 aromatic heterocycles. The Hall–Kier alpha value is -4.21. The minimum atomic E-state index is -0.410. The highest BCUT2D eigenvalue weighted by Crippen LogP contribution is 2.31. The predicted octanol–water partition coefficient (Wildman–Crippen LogP) is 3.47. The maximum Gasteiger partial charge on any atom is 0.261 e. The fourth-order valence-corrected chi connectivity index (χ4v) is 3.61. The number of nitrogens with one attached hydrogen (secondary N) is 2. The molecule has 0 aliphatic rings. The van der Waals surface area contributed by atoms with Crippen molar-refractivity contribution in [3.05, 3.63) is 58.9 Å². The topological polar surface area (TPSA) is 108 Å². The van der Waals surface area contributed by atoms with E-state index < -0.39 is 5.91 Å². The van der Waals surface area contributed by atoms with Gasteiger partial charge in [0, 0.05) is 30.1 Å². The molecular weight excluding hydrogens is 450 g/mol. The Labute approximate surface area is 204 Å². The largest absolute Gasteiger partial charge is 0.493 e. The molecule has 2 aromatic carbocycles. The number of ether oxygens (including phenoxy) is 4. The molecule has 1 heterocycles. The molecule has 0 aliphatic heterocycles. The summed E-state index contributed by atoms with van der Waals surface area (Å²) in [5.41, 5.74) is 3.81. The second kappa shape index (κ2) is 11.3. The van der Waals surface area contributed by atoms with Gasteiger partial charge < -0.3 is 24.3 Å². The fourth-order valence-electron chi connectivity index (χ4n) is 3.61. The van der Waals surface area contributed by atoms with Crippen LogP contribution in [0, 0.1) is 13.8 Å². The van der Waals surface area contributed by atoms with E-state index in [1.807, 2.05) is 20.9 Å². The number of para-hydroxylation sites is 1. The van der Waals surface area contributed by atoms with Crippen molar-refractivity contribution in [1.82, 2.24) is 15.1 Å². The molecule has 0 fully saturated rings. The zero-order valence-corrected chi connectivity index (χ0v) is 21.1. The molecule has 0 spiro atoms. The van der Waals surface area contributed by atoms with Crippen LogP contribution in [0.5, 0.6) is 23.0 Å². The summed E-state index contributed by atoms with van der Waals surface area (Å²) in [7, 11) is 8.01. The Morgan fingerprint density at radius 3 is 2.29 bits per heavy atom. The lowest BCUT2D eigenvalue weighted by Gasteiger charge is -2.16. The van der Waals surface area contributed by atoms with E-state index in [0.29, 0.717) is 40.8 Å². The van der Waals surface area contributed by atoms with Crippen molar-refractivity contribution in [2.45, 2.75) is 20.4 Å². The van der Waals surface area contributed by atoms with E-state index in [0.717, 1.165) is 17.0 Å². The van der Waals surface area contributed by atoms with Crippen molar-refractivity contribution in [3.63, 3.8) is 0 Å². The maximum absolute atomic E-state index is 13.2. The summed E-state index contributed by atoms with van der Waals surface area (Å²) in [6.07, 6.45) is 0. The molecule has 2 N–H and O–H groups in total. The maximum atomic E-state index is 13.2. The average molecular weight is 482 g/mol. The molecule has 0 bridgehead atoms. The number of aliphatic imine (C=N–C) groups is 1. The van der Waals surface area contributed by atoms with Crippen LogP contribution in [-0.2, 0) is 13.6 Å². The van der Waals surface area contributed by atoms with E-state index in [9.17, 15) is 4.79 Å². The van der Waals surface area contributed by atoms with Crippen molar-refractivity contribution in [1.29, 1.82) is 0 Å². The molecule has 0 saturated carbocycles. The molecule has 0 atom stereocenters. The van der Waals surface area contributed by atoms with Gasteiger partial charge in [-0.3, -0.25) is 14.8 Å². The van der Waals surface area contributed by atoms with Gasteiger partial charge in [-0.05, 0) is 38.1 Å². The van der Waals surface area contributed by atoms with Gasteiger partial charge in [-0.1, -0.05) is 6.07 Å². The highest BCUT2D eigenvalue weighted by molar-refractivity contribution is 6.11. The smallest absolute Gasteiger partial charge is 0.261 e. The lowest BCUT2D eigenvalue weighted by molar-refractivity contribution is 0.0973. The molecule has 0 saturated heterocycles. The molecule has 186 valence electrons. The second-order valence-electron chi connectivity index (χ2n) is 7.63. The van der Waals surface area contributed by atoms with Gasteiger partial charge in [0.1, 0.15) is 0 Å². The summed E-state index contributed by atoms with van der Waals surface area (Å²) in [4.78, 5) is 17.9. The van der Waals surface area contributed by atoms with Crippen molar-refractivity contribution < 1.29 is 23.7 Å². The standard InChI is InChI=1S/C25H31N5O5/c1-15-19(16(2)30(3)29-15)14-26-25(27-17-11-12-20(32-4)22(13-17)34-6)28-24(31)18-9-8-10-21(33-5)23(18)35-7/h8-13H,14H2,1-7H3,(H2,26,27,28,31). The third-order valence-electron chi connectivity index (χ3n) is 5.58. The summed E-state index contributed by atoms with van der Waals surface area (Å²) in [6.45, 7) is 4.22. The number of carbonyl (C=O) groups is 1. The number of aromatic nitrogens is 2. The Morgan fingerprint density at radius 1 is 0.971 bits per heavy atom. The number of hydrogen-bond acceptors (Lipinski definition) is 7. The number of benzene rings is 2. The van der Waals surface area contributed by atoms with Crippen molar-refractivity contribution in [2.75, 3.05) is 33.8 Å². The second-order valence-corrected chi connectivity index (χ2v) is 7.63. The molecule has 3 aromatic rings. The molecular formula is C25H31N5O5. The summed E-state index contributed by atoms with van der Waals surface area (Å²) in [5, 5.41) is 10.5. The first-order valence-electron chi connectivity index (χ1n) is 10.9. The third kappa shape index (κ3) is 5.65. The van der Waals surface area contributed by atoms with Gasteiger partial charge in [0.25, 0.3) is 5.91 Å². The summed E-state index contributed by atoms with van der Waals surface area (Å²) in [6, 6.07) is 10.4. The molecule has 3 rings (SSSR count). The summed E-state index contributed by atoms with van der Waals surface area (Å²) >= 11 is 0. The van der Waals surface area contributed by atoms with E-state index in [1.54, 1.807) is 55.3 Å². The van der Waals surface area contributed by atoms with Crippen molar-refractivity contribution >= 4 is 17.6 Å². The average Bonchev–Trinajstić information content (AvgIpc) is 3.11. The van der Waals surface area contributed by atoms with Gasteiger partial charge in [0.2, 0.25) is 5.96 Å². The quantitative estimate of drug-likeness (QED) is 0.375. The molecule has 1 amide bonds. The van der Waals surface area contributed by atoms with Crippen LogP contribution in [0.1, 0.15) is 27.3 Å². The fraction of sp³-hybridized carbons (Fsp3) is 0.320. The van der Waals surface area contributed by atoms with Crippen LogP contribution in [0.2, 0.25) is 0 Å². The first-order chi connectivity index (χ1) is 16.8. The number of guanidine groups is 1. The van der Waals surface area contributed by atoms with E-state index >= 15 is 0 Å². The number of carbonyl (C=O) groups excluding carboxylic acids is 1. The molecule has 10 heteroatoms. The highest BCUT2D eigenvalue weighted by Gasteiger charge is 2.19. The Kier molecular flexibility index (Phi) is 8.19. The minimum absolute atomic E-state index is 0.245. The first-order valence-corrected chi connectivity index (χ1v) is 10.9. The van der Waals surface area contributed by atoms with Crippen molar-refractivity contribution in [2.24, 2.45) is 12.0 Å². The highest BCUT2D eigenvalue weighted by atomic mass is 16.5. The van der Waals surface area contributed by atoms with Crippen LogP contribution in [0.25, 0.3) is 0 Å². The molecule has 0 radical (unpaired) electrons. The normalized spacial score (nSPS) is 11.1. The van der Waals surface area contributed by atoms with Crippen LogP contribution in [0.15, 0.2) is 41.4 Å². The number of rotatable bonds is 8. The lowest BCUT2D eigenvalue weighted by atomic mass is 10.1. The minimum Gasteiger partial charge on any atom is -0.493 e. The molecule has 0 unspecified atom stereocenters. The van der Waals surface area contributed by atoms with E-state index in [4.69, 9.17) is 18.9 Å². The SMILES string of the molecule is COc1ccc(NC(=NCc2c(C)nn(C)c2C)NC(=O)c2cccc(OC)c2OC)cc1OC. The van der Waals surface area contributed by atoms with E-state index in [2.05, 4.69) is 20.7 Å². The van der Waals surface area contributed by atoms with Crippen LogP contribution in [0.4, 0.5) is 5.69 Å². The number of amides is 1. The molecule has 10 nitrogen and oxygen atoms in total. The number of nitrogens with zero attached hydrogens (tertiary/aromatic N) is 3. The van der Waals surface area contributed by atoms with Crippen LogP contribution in [0.3, 0.4) is 0 Å². The Bertz CT molecular complexity index is 1240. The predicted molar refractivity (Wildman–Crippen MR) is 134 cm³/mol. The monoisotopic (exact) mass is 481 g/mol. The van der Waals surface area contributed by atoms with Crippen LogP contribution in [-0.4, -0.2) is 50.1 Å². The number of anilines is 1. The number of aryl methyl sites for hydroxylation is 2. The van der Waals surface area contributed by atoms with Gasteiger partial charge in [0.15, 0.2) is 23.0 Å². The summed E-state index contributed by atoms with van der Waals surface area (Å²) in [5.74, 6) is 1.74. The Balaban J connectivity index is 1.96. The molecule has 0 aliphatic carbocycles. The van der Waals surface area contributed by atoms with E-state index in [1.165, 1.54) is 14.2 Å². The summed E-state index contributed by atoms with van der Waals surface area (Å²) < 4.78 is 23.3. The lowest BCUT2D eigenvalue weighted by Crippen LogP contribution is -2.36. The van der Waals surface area contributed by atoms with Gasteiger partial charge in [0.05, 0.1) is 46.2 Å². The molecule has 35 heavy (non-hydrogen) atoms. The number of methoxy groups -OCH3 is 4. The van der Waals surface area contributed by atoms with Gasteiger partial charge >= 0.3 is 0 Å². The third-order valence-corrected chi connectivity index (χ3v) is 5.58. The van der Waals surface area contributed by atoms with Crippen molar-refractivity contribution in [3.8, 4) is 23.0 Å². The van der Waals surface area contributed by atoms with Gasteiger partial charge in [-0.15, -0.1) is 0 Å². The van der Waals surface area contributed by atoms with E-state index in [-0.39, 0.29) is 5.96 Å². The number of hydrogen-bond donors (Lipinski definition) is 2. The van der Waals surface area contributed by atoms with Crippen LogP contribution >= 0.6 is 0 Å². The zero-order chi connectivity index (χ0) is 25.5. The first kappa shape index (κ1) is 25.4. The van der Waals surface area contributed by atoms with Gasteiger partial charge in [-0.2, -0.15) is 5.10 Å². The van der Waals surface area contributed by atoms with Gasteiger partial charge in [-0.25, -0.2) is 4.99 Å². The zero-order valence-electron chi connectivity index (χ0n) is 21.1.